The maximum absolute atomic E-state index is 12.8. The highest BCUT2D eigenvalue weighted by Crippen LogP contribution is 2.16. The van der Waals surface area contributed by atoms with Gasteiger partial charge in [0.1, 0.15) is 11.9 Å². The van der Waals surface area contributed by atoms with Gasteiger partial charge in [-0.1, -0.05) is 6.92 Å². The predicted octanol–water partition coefficient (Wildman–Crippen LogP) is 2.22. The van der Waals surface area contributed by atoms with Crippen molar-refractivity contribution in [3.8, 4) is 6.07 Å². The number of benzene rings is 1. The van der Waals surface area contributed by atoms with Crippen LogP contribution in [0.1, 0.15) is 18.9 Å². The zero-order valence-corrected chi connectivity index (χ0v) is 9.40. The van der Waals surface area contributed by atoms with Crippen LogP contribution in [-0.2, 0) is 4.79 Å². The molecule has 1 atom stereocenters. The minimum Gasteiger partial charge on any atom is -0.481 e. The number of nitrogens with zero attached hydrogens (tertiary/aromatic N) is 1. The van der Waals surface area contributed by atoms with Crippen molar-refractivity contribution in [1.29, 1.82) is 5.26 Å². The van der Waals surface area contributed by atoms with Crippen molar-refractivity contribution >= 4 is 11.7 Å². The lowest BCUT2D eigenvalue weighted by atomic mass is 10.1. The van der Waals surface area contributed by atoms with E-state index in [0.29, 0.717) is 12.2 Å². The summed E-state index contributed by atoms with van der Waals surface area (Å²) in [5.41, 5.74) is 0.735. The first-order chi connectivity index (χ1) is 8.02. The van der Waals surface area contributed by atoms with E-state index in [1.54, 1.807) is 6.92 Å². The maximum Gasteiger partial charge on any atom is 0.303 e. The second-order valence-corrected chi connectivity index (χ2v) is 3.89. The molecule has 90 valence electrons. The van der Waals surface area contributed by atoms with Crippen LogP contribution in [-0.4, -0.2) is 17.6 Å². The summed E-state index contributed by atoms with van der Waals surface area (Å²) in [5, 5.41) is 20.3. The van der Waals surface area contributed by atoms with Crippen molar-refractivity contribution < 1.29 is 14.3 Å². The Bertz CT molecular complexity index is 454. The van der Waals surface area contributed by atoms with Crippen LogP contribution in [0.25, 0.3) is 0 Å². The van der Waals surface area contributed by atoms with E-state index in [4.69, 9.17) is 10.4 Å². The Morgan fingerprint density at radius 1 is 1.65 bits per heavy atom. The third-order valence-corrected chi connectivity index (χ3v) is 2.27. The molecule has 1 unspecified atom stereocenters. The molecule has 0 amide bonds. The molecule has 5 heteroatoms. The summed E-state index contributed by atoms with van der Waals surface area (Å²) in [7, 11) is 0. The standard InChI is InChI=1S/C12H13FN2O2/c1-8(4-12(16)17)7-15-11-3-2-10(13)5-9(11)6-14/h2-3,5,8,15H,4,7H2,1H3,(H,16,17). The van der Waals surface area contributed by atoms with Gasteiger partial charge in [-0.3, -0.25) is 4.79 Å². The van der Waals surface area contributed by atoms with Crippen LogP contribution in [0, 0.1) is 23.1 Å². The molecule has 17 heavy (non-hydrogen) atoms. The van der Waals surface area contributed by atoms with E-state index >= 15 is 0 Å². The van der Waals surface area contributed by atoms with Crippen molar-refractivity contribution in [2.24, 2.45) is 5.92 Å². The van der Waals surface area contributed by atoms with Crippen molar-refractivity contribution in [3.63, 3.8) is 0 Å². The van der Waals surface area contributed by atoms with Gasteiger partial charge < -0.3 is 10.4 Å². The molecule has 0 aliphatic heterocycles. The van der Waals surface area contributed by atoms with Gasteiger partial charge in [0, 0.05) is 13.0 Å². The molecular weight excluding hydrogens is 223 g/mol. The van der Waals surface area contributed by atoms with Crippen LogP contribution in [0.3, 0.4) is 0 Å². The number of hydrogen-bond acceptors (Lipinski definition) is 3. The molecule has 0 spiro atoms. The molecule has 0 heterocycles. The second-order valence-electron chi connectivity index (χ2n) is 3.89. The molecule has 1 aromatic rings. The lowest BCUT2D eigenvalue weighted by Gasteiger charge is -2.12. The van der Waals surface area contributed by atoms with Gasteiger partial charge in [0.15, 0.2) is 0 Å². The van der Waals surface area contributed by atoms with Crippen molar-refractivity contribution in [1.82, 2.24) is 0 Å². The predicted molar refractivity (Wildman–Crippen MR) is 61.0 cm³/mol. The van der Waals surface area contributed by atoms with Crippen molar-refractivity contribution in [3.05, 3.63) is 29.6 Å². The third-order valence-electron chi connectivity index (χ3n) is 2.27. The van der Waals surface area contributed by atoms with Gasteiger partial charge in [0.25, 0.3) is 0 Å². The molecule has 1 aromatic carbocycles. The summed E-state index contributed by atoms with van der Waals surface area (Å²) in [6.45, 7) is 2.21. The summed E-state index contributed by atoms with van der Waals surface area (Å²) in [6, 6.07) is 5.75. The van der Waals surface area contributed by atoms with Crippen LogP contribution in [0.2, 0.25) is 0 Å². The molecule has 0 bridgehead atoms. The largest absolute Gasteiger partial charge is 0.481 e. The number of halogens is 1. The number of nitrogens with one attached hydrogen (secondary N) is 1. The number of carbonyl (C=O) groups is 1. The van der Waals surface area contributed by atoms with E-state index in [-0.39, 0.29) is 17.9 Å². The second kappa shape index (κ2) is 5.85. The molecule has 2 N–H and O–H groups in total. The van der Waals surface area contributed by atoms with Gasteiger partial charge in [-0.05, 0) is 24.1 Å². The Morgan fingerprint density at radius 2 is 2.35 bits per heavy atom. The zero-order valence-electron chi connectivity index (χ0n) is 9.40. The molecule has 1 rings (SSSR count). The van der Waals surface area contributed by atoms with Gasteiger partial charge in [0.2, 0.25) is 0 Å². The number of rotatable bonds is 5. The summed E-state index contributed by atoms with van der Waals surface area (Å²) in [4.78, 5) is 10.5. The van der Waals surface area contributed by atoms with E-state index in [0.717, 1.165) is 6.07 Å². The lowest BCUT2D eigenvalue weighted by Crippen LogP contribution is -2.15. The van der Waals surface area contributed by atoms with E-state index in [1.807, 2.05) is 6.07 Å². The molecular formula is C12H13FN2O2. The van der Waals surface area contributed by atoms with Crippen molar-refractivity contribution in [2.75, 3.05) is 11.9 Å². The number of nitriles is 1. The summed E-state index contributed by atoms with van der Waals surface area (Å²) in [5.74, 6) is -1.39. The van der Waals surface area contributed by atoms with Gasteiger partial charge >= 0.3 is 5.97 Å². The highest BCUT2D eigenvalue weighted by atomic mass is 19.1. The summed E-state index contributed by atoms with van der Waals surface area (Å²) in [6.07, 6.45) is 0.0517. The molecule has 0 aliphatic rings. The third kappa shape index (κ3) is 4.11. The van der Waals surface area contributed by atoms with Crippen LogP contribution < -0.4 is 5.32 Å². The van der Waals surface area contributed by atoms with Crippen LogP contribution >= 0.6 is 0 Å². The molecule has 0 radical (unpaired) electrons. The highest BCUT2D eigenvalue weighted by Gasteiger charge is 2.09. The molecule has 4 nitrogen and oxygen atoms in total. The van der Waals surface area contributed by atoms with Crippen molar-refractivity contribution in [2.45, 2.75) is 13.3 Å². The Morgan fingerprint density at radius 3 is 2.94 bits per heavy atom. The molecule has 0 aromatic heterocycles. The van der Waals surface area contributed by atoms with Gasteiger partial charge in [0.05, 0.1) is 11.3 Å². The number of anilines is 1. The van der Waals surface area contributed by atoms with Crippen LogP contribution in [0.15, 0.2) is 18.2 Å². The van der Waals surface area contributed by atoms with Gasteiger partial charge in [-0.15, -0.1) is 0 Å². The first-order valence-electron chi connectivity index (χ1n) is 5.18. The topological polar surface area (TPSA) is 73.1 Å². The fraction of sp³-hybridized carbons (Fsp3) is 0.333. The average Bonchev–Trinajstić information content (AvgIpc) is 2.26. The molecule has 0 fully saturated rings. The summed E-state index contributed by atoms with van der Waals surface area (Å²) >= 11 is 0. The fourth-order valence-corrected chi connectivity index (χ4v) is 1.42. The summed E-state index contributed by atoms with van der Waals surface area (Å²) < 4.78 is 12.8. The van der Waals surface area contributed by atoms with E-state index in [9.17, 15) is 9.18 Å². The quantitative estimate of drug-likeness (QED) is 0.822. The Balaban J connectivity index is 2.63. The Kier molecular flexibility index (Phi) is 4.46. The van der Waals surface area contributed by atoms with Gasteiger partial charge in [-0.25, -0.2) is 4.39 Å². The van der Waals surface area contributed by atoms with Crippen LogP contribution in [0.5, 0.6) is 0 Å². The van der Waals surface area contributed by atoms with E-state index < -0.39 is 11.8 Å². The maximum atomic E-state index is 12.8. The molecule has 0 saturated heterocycles. The minimum atomic E-state index is -0.862. The van der Waals surface area contributed by atoms with Gasteiger partial charge in [-0.2, -0.15) is 5.26 Å². The molecule has 0 saturated carbocycles. The zero-order chi connectivity index (χ0) is 12.8. The highest BCUT2D eigenvalue weighted by molar-refractivity contribution is 5.67. The average molecular weight is 236 g/mol. The van der Waals surface area contributed by atoms with Crippen LogP contribution in [0.4, 0.5) is 10.1 Å². The minimum absolute atomic E-state index is 0.0517. The number of hydrogen-bond donors (Lipinski definition) is 2. The number of carboxylic acids is 1. The van der Waals surface area contributed by atoms with E-state index in [1.165, 1.54) is 12.1 Å². The smallest absolute Gasteiger partial charge is 0.303 e. The monoisotopic (exact) mass is 236 g/mol. The number of aliphatic carboxylic acids is 1. The van der Waals surface area contributed by atoms with E-state index in [2.05, 4.69) is 5.32 Å². The fourth-order valence-electron chi connectivity index (χ4n) is 1.42. The lowest BCUT2D eigenvalue weighted by molar-refractivity contribution is -0.137. The first kappa shape index (κ1) is 13.0. The first-order valence-corrected chi connectivity index (χ1v) is 5.18. The Labute approximate surface area is 98.7 Å². The Hall–Kier alpha value is -2.09. The normalized spacial score (nSPS) is 11.6. The number of carboxylic acid groups (broad SMARTS) is 1. The SMILES string of the molecule is CC(CNc1ccc(F)cc1C#N)CC(=O)O. The molecule has 0 aliphatic carbocycles.